The fourth-order valence-electron chi connectivity index (χ4n) is 3.46. The van der Waals surface area contributed by atoms with E-state index in [1.165, 1.54) is 48.5 Å². The molecule has 4 rings (SSSR count). The predicted octanol–water partition coefficient (Wildman–Crippen LogP) is 4.57. The van der Waals surface area contributed by atoms with Crippen LogP contribution in [0.25, 0.3) is 0 Å². The molecule has 34 heavy (non-hydrogen) atoms. The number of rotatable bonds is 5. The Morgan fingerprint density at radius 2 is 1.65 bits per heavy atom. The summed E-state index contributed by atoms with van der Waals surface area (Å²) < 4.78 is 42.4. The van der Waals surface area contributed by atoms with Crippen LogP contribution in [-0.4, -0.2) is 23.4 Å². The van der Waals surface area contributed by atoms with E-state index < -0.39 is 17.6 Å². The number of hydrogen-bond donors (Lipinski definition) is 2. The topological polar surface area (TPSA) is 85.2 Å². The van der Waals surface area contributed by atoms with Crippen LogP contribution in [0.3, 0.4) is 0 Å². The molecule has 1 unspecified atom stereocenters. The van der Waals surface area contributed by atoms with Gasteiger partial charge >= 0.3 is 6.18 Å². The summed E-state index contributed by atoms with van der Waals surface area (Å²) >= 11 is 0. The van der Waals surface area contributed by atoms with Crippen molar-refractivity contribution in [3.8, 4) is 6.07 Å². The Balaban J connectivity index is 1.59. The molecule has 3 aromatic carbocycles. The maximum absolute atomic E-state index is 14.1. The lowest BCUT2D eigenvalue weighted by Crippen LogP contribution is -2.63. The third kappa shape index (κ3) is 4.27. The number of amides is 1. The average Bonchev–Trinajstić information content (AvgIpc) is 3.32. The van der Waals surface area contributed by atoms with E-state index in [2.05, 4.69) is 10.7 Å². The molecule has 0 spiro atoms. The van der Waals surface area contributed by atoms with Gasteiger partial charge in [-0.3, -0.25) is 14.6 Å². The summed E-state index contributed by atoms with van der Waals surface area (Å²) in [4.78, 5) is 25.6. The molecule has 0 radical (unpaired) electrons. The van der Waals surface area contributed by atoms with Gasteiger partial charge in [-0.2, -0.15) is 18.4 Å². The molecular weight excluding hydrogens is 445 g/mol. The first-order chi connectivity index (χ1) is 16.2. The Kier molecular flexibility index (Phi) is 5.92. The van der Waals surface area contributed by atoms with E-state index in [-0.39, 0.29) is 28.3 Å². The summed E-state index contributed by atoms with van der Waals surface area (Å²) in [7, 11) is 0. The van der Waals surface area contributed by atoms with Gasteiger partial charge in [-0.1, -0.05) is 48.5 Å². The number of carbonyl (C=O) groups excluding carboxylic acids is 2. The summed E-state index contributed by atoms with van der Waals surface area (Å²) in [6.07, 6.45) is -3.20. The van der Waals surface area contributed by atoms with Gasteiger partial charge in [0.05, 0.1) is 17.3 Å². The monoisotopic (exact) mass is 462 g/mol. The normalized spacial score (nSPS) is 17.3. The third-order valence-corrected chi connectivity index (χ3v) is 5.25. The molecular formula is C25H17F3N4O2. The van der Waals surface area contributed by atoms with Crippen molar-refractivity contribution in [2.75, 3.05) is 10.3 Å². The van der Waals surface area contributed by atoms with Crippen molar-refractivity contribution in [1.29, 1.82) is 5.26 Å². The molecule has 6 nitrogen and oxygen atoms in total. The number of nitriles is 1. The van der Waals surface area contributed by atoms with E-state index in [1.807, 2.05) is 6.07 Å². The number of halogens is 3. The second kappa shape index (κ2) is 8.84. The number of benzene rings is 3. The van der Waals surface area contributed by atoms with Gasteiger partial charge in [-0.25, -0.2) is 5.43 Å². The van der Waals surface area contributed by atoms with Crippen molar-refractivity contribution in [3.05, 3.63) is 108 Å². The van der Waals surface area contributed by atoms with Gasteiger partial charge in [0.1, 0.15) is 0 Å². The molecule has 0 saturated carbocycles. The quantitative estimate of drug-likeness (QED) is 0.543. The number of nitrogens with one attached hydrogen (secondary N) is 2. The molecule has 2 N–H and O–H groups in total. The van der Waals surface area contributed by atoms with Gasteiger partial charge in [-0.15, -0.1) is 0 Å². The number of ketones is 1. The fourth-order valence-corrected chi connectivity index (χ4v) is 3.46. The maximum atomic E-state index is 14.1. The lowest BCUT2D eigenvalue weighted by molar-refractivity contribution is -0.183. The predicted molar refractivity (Wildman–Crippen MR) is 120 cm³/mol. The number of hydrogen-bond acceptors (Lipinski definition) is 5. The molecule has 0 fully saturated rings. The zero-order chi connectivity index (χ0) is 24.3. The Labute approximate surface area is 192 Å². The Morgan fingerprint density at radius 3 is 2.35 bits per heavy atom. The summed E-state index contributed by atoms with van der Waals surface area (Å²) in [5.74, 6) is -1.70. The van der Waals surface area contributed by atoms with Gasteiger partial charge in [0.15, 0.2) is 5.78 Å². The van der Waals surface area contributed by atoms with Crippen LogP contribution in [0.15, 0.2) is 91.1 Å². The highest BCUT2D eigenvalue weighted by Gasteiger charge is 2.61. The van der Waals surface area contributed by atoms with Crippen molar-refractivity contribution >= 4 is 23.1 Å². The minimum atomic E-state index is -4.99. The minimum absolute atomic E-state index is 0.0375. The fraction of sp³-hybridized carbons (Fsp3) is 0.0800. The van der Waals surface area contributed by atoms with Gasteiger partial charge < -0.3 is 5.32 Å². The molecule has 3 aromatic rings. The van der Waals surface area contributed by atoms with Crippen molar-refractivity contribution < 1.29 is 22.8 Å². The first kappa shape index (κ1) is 22.8. The number of hydrazine groups is 1. The molecule has 0 saturated heterocycles. The van der Waals surface area contributed by atoms with E-state index in [1.54, 1.807) is 30.3 Å². The van der Waals surface area contributed by atoms with Crippen molar-refractivity contribution in [3.63, 3.8) is 0 Å². The smallest absolute Gasteiger partial charge is 0.324 e. The van der Waals surface area contributed by atoms with Crippen molar-refractivity contribution in [1.82, 2.24) is 5.43 Å². The van der Waals surface area contributed by atoms with Crippen LogP contribution in [0.4, 0.5) is 24.5 Å². The molecule has 0 bridgehead atoms. The number of alkyl halides is 3. The molecule has 9 heteroatoms. The molecule has 1 aliphatic rings. The summed E-state index contributed by atoms with van der Waals surface area (Å²) in [5.41, 5.74) is 0.315. The van der Waals surface area contributed by atoms with Crippen LogP contribution in [0.5, 0.6) is 0 Å². The second-order valence-electron chi connectivity index (χ2n) is 7.50. The van der Waals surface area contributed by atoms with Crippen LogP contribution in [0, 0.1) is 11.3 Å². The van der Waals surface area contributed by atoms with Crippen LogP contribution in [-0.2, 0) is 4.79 Å². The summed E-state index contributed by atoms with van der Waals surface area (Å²) in [6, 6.07) is 21.9. The molecule has 0 aromatic heterocycles. The zero-order valence-corrected chi connectivity index (χ0v) is 17.5. The highest BCUT2D eigenvalue weighted by atomic mass is 19.4. The molecule has 1 aliphatic heterocycles. The number of anilines is 2. The van der Waals surface area contributed by atoms with Gasteiger partial charge in [0, 0.05) is 23.0 Å². The lowest BCUT2D eigenvalue weighted by Gasteiger charge is -2.31. The molecule has 1 atom stereocenters. The van der Waals surface area contributed by atoms with Crippen LogP contribution in [0.1, 0.15) is 21.5 Å². The first-order valence-electron chi connectivity index (χ1n) is 10.1. The highest BCUT2D eigenvalue weighted by molar-refractivity contribution is 6.10. The number of nitrogens with zero attached hydrogens (tertiary/aromatic N) is 2. The average molecular weight is 462 g/mol. The van der Waals surface area contributed by atoms with Crippen LogP contribution < -0.4 is 15.8 Å². The van der Waals surface area contributed by atoms with E-state index >= 15 is 0 Å². The summed E-state index contributed by atoms with van der Waals surface area (Å²) in [5, 5.41) is 12.3. The minimum Gasteiger partial charge on any atom is -0.324 e. The Hall–Kier alpha value is -4.42. The van der Waals surface area contributed by atoms with Gasteiger partial charge in [0.25, 0.3) is 5.91 Å². The van der Waals surface area contributed by atoms with E-state index in [0.29, 0.717) is 11.6 Å². The first-order valence-corrected chi connectivity index (χ1v) is 10.1. The Bertz CT molecular complexity index is 1320. The van der Waals surface area contributed by atoms with E-state index in [9.17, 15) is 22.8 Å². The number of carbonyl (C=O) groups is 2. The van der Waals surface area contributed by atoms with Gasteiger partial charge in [0.2, 0.25) is 5.54 Å². The highest BCUT2D eigenvalue weighted by Crippen LogP contribution is 2.37. The molecule has 1 heterocycles. The Morgan fingerprint density at radius 1 is 0.941 bits per heavy atom. The van der Waals surface area contributed by atoms with Crippen LogP contribution in [0.2, 0.25) is 0 Å². The van der Waals surface area contributed by atoms with E-state index in [4.69, 9.17) is 5.26 Å². The SMILES string of the molecule is N#Cc1cccc(N2C=CC(C(=O)Nc3cccc(C(=O)c4ccccc4)c3)(C(F)(F)F)N2)c1. The molecule has 0 aliphatic carbocycles. The molecule has 1 amide bonds. The third-order valence-electron chi connectivity index (χ3n) is 5.25. The van der Waals surface area contributed by atoms with Gasteiger partial charge in [-0.05, 0) is 36.4 Å². The second-order valence-corrected chi connectivity index (χ2v) is 7.50. The van der Waals surface area contributed by atoms with E-state index in [0.717, 1.165) is 11.2 Å². The van der Waals surface area contributed by atoms with Crippen molar-refractivity contribution in [2.45, 2.75) is 11.7 Å². The van der Waals surface area contributed by atoms with Crippen molar-refractivity contribution in [2.24, 2.45) is 0 Å². The standard InChI is InChI=1S/C25H17F3N4O2/c26-25(27,28)24(12-13-32(31-24)21-11-4-6-17(14-21)16-29)23(34)30-20-10-5-9-19(15-20)22(33)18-7-2-1-3-8-18/h1-15,31H,(H,30,34). The maximum Gasteiger partial charge on any atom is 0.421 e. The summed E-state index contributed by atoms with van der Waals surface area (Å²) in [6.45, 7) is 0. The lowest BCUT2D eigenvalue weighted by atomic mass is 9.98. The largest absolute Gasteiger partial charge is 0.421 e. The zero-order valence-electron chi connectivity index (χ0n) is 17.5. The van der Waals surface area contributed by atoms with Crippen LogP contribution >= 0.6 is 0 Å². The molecule has 170 valence electrons.